The van der Waals surface area contributed by atoms with Gasteiger partial charge in [-0.05, 0) is 12.8 Å². The maximum atomic E-state index is 11.2. The summed E-state index contributed by atoms with van der Waals surface area (Å²) in [6.45, 7) is 0.678. The van der Waals surface area contributed by atoms with Gasteiger partial charge in [-0.2, -0.15) is 5.06 Å². The van der Waals surface area contributed by atoms with Crippen molar-refractivity contribution in [1.29, 1.82) is 0 Å². The minimum absolute atomic E-state index is 0.0774. The van der Waals surface area contributed by atoms with Gasteiger partial charge in [0, 0.05) is 6.54 Å². The Bertz CT molecular complexity index is 186. The minimum atomic E-state index is -0.206. The number of hydrogen-bond donors (Lipinski definition) is 1. The molecule has 1 saturated heterocycles. The number of hydroxylamine groups is 2. The summed E-state index contributed by atoms with van der Waals surface area (Å²) in [5.41, 5.74) is 5.77. The first kappa shape index (κ1) is 10.4. The zero-order valence-electron chi connectivity index (χ0n) is 8.03. The molecule has 0 aromatic heterocycles. The van der Waals surface area contributed by atoms with Crippen molar-refractivity contribution < 1.29 is 14.4 Å². The van der Waals surface area contributed by atoms with Crippen LogP contribution in [0.25, 0.3) is 0 Å². The average molecular weight is 188 g/mol. The predicted molar refractivity (Wildman–Crippen MR) is 46.4 cm³/mol. The molecule has 0 radical (unpaired) electrons. The zero-order valence-corrected chi connectivity index (χ0v) is 8.03. The van der Waals surface area contributed by atoms with Crippen LogP contribution in [0.2, 0.25) is 0 Å². The van der Waals surface area contributed by atoms with Gasteiger partial charge in [0.15, 0.2) is 0 Å². The van der Waals surface area contributed by atoms with E-state index in [1.807, 2.05) is 0 Å². The van der Waals surface area contributed by atoms with Crippen LogP contribution in [0.4, 0.5) is 0 Å². The van der Waals surface area contributed by atoms with E-state index in [9.17, 15) is 4.79 Å². The summed E-state index contributed by atoms with van der Waals surface area (Å²) < 4.78 is 4.65. The van der Waals surface area contributed by atoms with Gasteiger partial charge in [0.2, 0.25) is 0 Å². The lowest BCUT2D eigenvalue weighted by molar-refractivity contribution is -0.186. The third kappa shape index (κ3) is 2.40. The number of nitrogens with zero attached hydrogens (tertiary/aromatic N) is 1. The van der Waals surface area contributed by atoms with Gasteiger partial charge in [0.25, 0.3) is 0 Å². The van der Waals surface area contributed by atoms with Crippen molar-refractivity contribution in [2.45, 2.75) is 19.0 Å². The highest BCUT2D eigenvalue weighted by Crippen LogP contribution is 2.21. The lowest BCUT2D eigenvalue weighted by Crippen LogP contribution is -2.48. The molecule has 1 aliphatic heterocycles. The summed E-state index contributed by atoms with van der Waals surface area (Å²) in [6, 6.07) is 0. The van der Waals surface area contributed by atoms with Gasteiger partial charge >= 0.3 is 5.97 Å². The number of methoxy groups -OCH3 is 1. The Morgan fingerprint density at radius 2 is 2.23 bits per heavy atom. The van der Waals surface area contributed by atoms with Gasteiger partial charge < -0.3 is 15.3 Å². The molecule has 1 heterocycles. The van der Waals surface area contributed by atoms with Crippen molar-refractivity contribution in [1.82, 2.24) is 5.06 Å². The molecule has 0 spiro atoms. The molecule has 76 valence electrons. The Kier molecular flexibility index (Phi) is 3.65. The molecule has 0 saturated carbocycles. The number of ether oxygens (including phenoxy) is 1. The molecule has 0 bridgehead atoms. The van der Waals surface area contributed by atoms with E-state index in [-0.39, 0.29) is 18.1 Å². The summed E-state index contributed by atoms with van der Waals surface area (Å²) in [7, 11) is 2.98. The predicted octanol–water partition coefficient (Wildman–Crippen LogP) is -0.282. The number of hydrogen-bond acceptors (Lipinski definition) is 5. The normalized spacial score (nSPS) is 30.1. The van der Waals surface area contributed by atoms with Crippen LogP contribution in [0.1, 0.15) is 12.8 Å². The first-order valence-corrected chi connectivity index (χ1v) is 4.33. The highest BCUT2D eigenvalue weighted by Gasteiger charge is 2.30. The van der Waals surface area contributed by atoms with Gasteiger partial charge in [-0.25, -0.2) is 0 Å². The van der Waals surface area contributed by atoms with Gasteiger partial charge in [-0.3, -0.25) is 4.79 Å². The number of carbonyl (C=O) groups is 1. The Morgan fingerprint density at radius 1 is 1.54 bits per heavy atom. The van der Waals surface area contributed by atoms with Crippen molar-refractivity contribution in [3.63, 3.8) is 0 Å². The standard InChI is InChI=1S/C8H16N2O3/c1-12-8(11)6-3-4-10(13-2)7(9)5-6/h6-7H,3-5,9H2,1-2H3. The third-order valence-corrected chi connectivity index (χ3v) is 2.36. The zero-order chi connectivity index (χ0) is 9.84. The molecular weight excluding hydrogens is 172 g/mol. The first-order chi connectivity index (χ1) is 6.19. The molecule has 2 atom stereocenters. The molecule has 1 aliphatic rings. The summed E-state index contributed by atoms with van der Waals surface area (Å²) in [4.78, 5) is 16.2. The molecular formula is C8H16N2O3. The monoisotopic (exact) mass is 188 g/mol. The average Bonchev–Trinajstić information content (AvgIpc) is 2.16. The first-order valence-electron chi connectivity index (χ1n) is 4.33. The second-order valence-electron chi connectivity index (χ2n) is 3.14. The molecule has 5 nitrogen and oxygen atoms in total. The van der Waals surface area contributed by atoms with Crippen molar-refractivity contribution >= 4 is 5.97 Å². The van der Waals surface area contributed by atoms with Crippen LogP contribution >= 0.6 is 0 Å². The number of carbonyl (C=O) groups excluding carboxylic acids is 1. The van der Waals surface area contributed by atoms with Crippen LogP contribution in [0.5, 0.6) is 0 Å². The van der Waals surface area contributed by atoms with Crippen LogP contribution in [0.15, 0.2) is 0 Å². The number of nitrogens with two attached hydrogens (primary N) is 1. The highest BCUT2D eigenvalue weighted by molar-refractivity contribution is 5.72. The molecule has 2 unspecified atom stereocenters. The lowest BCUT2D eigenvalue weighted by atomic mass is 9.96. The SMILES string of the molecule is COC(=O)C1CCN(OC)C(N)C1. The second kappa shape index (κ2) is 4.55. The van der Waals surface area contributed by atoms with E-state index in [1.54, 1.807) is 12.2 Å². The third-order valence-electron chi connectivity index (χ3n) is 2.36. The van der Waals surface area contributed by atoms with E-state index in [2.05, 4.69) is 4.74 Å². The smallest absolute Gasteiger partial charge is 0.308 e. The maximum absolute atomic E-state index is 11.2. The van der Waals surface area contributed by atoms with Gasteiger partial charge in [0.1, 0.15) is 0 Å². The summed E-state index contributed by atoms with van der Waals surface area (Å²) in [6.07, 6.45) is 1.14. The van der Waals surface area contributed by atoms with Crippen LogP contribution in [0, 0.1) is 5.92 Å². The Labute approximate surface area is 77.7 Å². The van der Waals surface area contributed by atoms with Crippen LogP contribution in [-0.4, -0.2) is 38.0 Å². The number of esters is 1. The maximum Gasteiger partial charge on any atom is 0.308 e. The quantitative estimate of drug-likeness (QED) is 0.604. The summed E-state index contributed by atoms with van der Waals surface area (Å²) in [5.74, 6) is -0.252. The minimum Gasteiger partial charge on any atom is -0.469 e. The van der Waals surface area contributed by atoms with Crippen LogP contribution in [0.3, 0.4) is 0 Å². The van der Waals surface area contributed by atoms with Gasteiger partial charge in [-0.15, -0.1) is 0 Å². The largest absolute Gasteiger partial charge is 0.469 e. The van der Waals surface area contributed by atoms with E-state index in [4.69, 9.17) is 10.6 Å². The lowest BCUT2D eigenvalue weighted by Gasteiger charge is -2.33. The molecule has 0 aromatic carbocycles. The molecule has 0 aliphatic carbocycles. The molecule has 5 heteroatoms. The summed E-state index contributed by atoms with van der Waals surface area (Å²) >= 11 is 0. The van der Waals surface area contributed by atoms with E-state index in [0.717, 1.165) is 6.42 Å². The highest BCUT2D eigenvalue weighted by atomic mass is 16.7. The van der Waals surface area contributed by atoms with Gasteiger partial charge in [0.05, 0.1) is 26.3 Å². The van der Waals surface area contributed by atoms with E-state index in [1.165, 1.54) is 7.11 Å². The van der Waals surface area contributed by atoms with E-state index < -0.39 is 0 Å². The Hall–Kier alpha value is -0.650. The van der Waals surface area contributed by atoms with Gasteiger partial charge in [-0.1, -0.05) is 0 Å². The molecule has 2 N–H and O–H groups in total. The fourth-order valence-electron chi connectivity index (χ4n) is 1.58. The topological polar surface area (TPSA) is 64.8 Å². The number of piperidine rings is 1. The number of rotatable bonds is 2. The molecule has 13 heavy (non-hydrogen) atoms. The summed E-state index contributed by atoms with van der Waals surface area (Å²) in [5, 5.41) is 1.68. The Morgan fingerprint density at radius 3 is 2.69 bits per heavy atom. The van der Waals surface area contributed by atoms with E-state index >= 15 is 0 Å². The van der Waals surface area contributed by atoms with Crippen LogP contribution in [-0.2, 0) is 14.4 Å². The van der Waals surface area contributed by atoms with Crippen molar-refractivity contribution in [3.05, 3.63) is 0 Å². The van der Waals surface area contributed by atoms with Crippen molar-refractivity contribution in [2.75, 3.05) is 20.8 Å². The fourth-order valence-corrected chi connectivity index (χ4v) is 1.58. The molecule has 1 rings (SSSR count). The molecule has 0 aromatic rings. The second-order valence-corrected chi connectivity index (χ2v) is 3.14. The fraction of sp³-hybridized carbons (Fsp3) is 0.875. The molecule has 1 fully saturated rings. The Balaban J connectivity index is 2.45. The van der Waals surface area contributed by atoms with Crippen LogP contribution < -0.4 is 5.73 Å². The van der Waals surface area contributed by atoms with E-state index in [0.29, 0.717) is 13.0 Å². The van der Waals surface area contributed by atoms with Crippen molar-refractivity contribution in [3.8, 4) is 0 Å². The molecule has 0 amide bonds. The van der Waals surface area contributed by atoms with Crippen molar-refractivity contribution in [2.24, 2.45) is 11.7 Å².